The van der Waals surface area contributed by atoms with Crippen LogP contribution < -0.4 is 15.9 Å². The largest absolute Gasteiger partial charge is 0.355 e. The highest BCUT2D eigenvalue weighted by atomic mass is 16.1. The molecule has 1 unspecified atom stereocenters. The molecular formula is C13H20N6O. The summed E-state index contributed by atoms with van der Waals surface area (Å²) in [5, 5.41) is 9.94. The van der Waals surface area contributed by atoms with E-state index >= 15 is 0 Å². The first kappa shape index (κ1) is 13.1. The van der Waals surface area contributed by atoms with Gasteiger partial charge in [-0.25, -0.2) is 19.3 Å². The Kier molecular flexibility index (Phi) is 3.68. The van der Waals surface area contributed by atoms with E-state index in [2.05, 4.69) is 32.3 Å². The Hall–Kier alpha value is -1.89. The lowest BCUT2D eigenvalue weighted by molar-refractivity contribution is 0.575. The molecule has 7 heteroatoms. The first-order chi connectivity index (χ1) is 9.78. The average Bonchev–Trinajstić information content (AvgIpc) is 3.08. The summed E-state index contributed by atoms with van der Waals surface area (Å²) in [6.07, 6.45) is 5.06. The highest BCUT2D eigenvalue weighted by molar-refractivity contribution is 5.50. The lowest BCUT2D eigenvalue weighted by Gasteiger charge is -2.26. The van der Waals surface area contributed by atoms with Crippen molar-refractivity contribution < 1.29 is 0 Å². The highest BCUT2D eigenvalue weighted by Crippen LogP contribution is 2.15. The molecular weight excluding hydrogens is 256 g/mol. The molecule has 2 aromatic heterocycles. The number of aromatic amines is 1. The normalized spacial score (nSPS) is 18.8. The van der Waals surface area contributed by atoms with Crippen molar-refractivity contribution in [2.45, 2.75) is 32.2 Å². The van der Waals surface area contributed by atoms with Gasteiger partial charge in [-0.3, -0.25) is 0 Å². The number of rotatable bonds is 5. The third-order valence-corrected chi connectivity index (χ3v) is 3.72. The van der Waals surface area contributed by atoms with Gasteiger partial charge in [-0.2, -0.15) is 5.10 Å². The van der Waals surface area contributed by atoms with Crippen molar-refractivity contribution in [2.24, 2.45) is 0 Å². The number of hydrogen-bond acceptors (Lipinski definition) is 5. The molecule has 1 saturated heterocycles. The predicted molar refractivity (Wildman–Crippen MR) is 77.1 cm³/mol. The second-order valence-corrected chi connectivity index (χ2v) is 5.24. The lowest BCUT2D eigenvalue weighted by atomic mass is 10.2. The fourth-order valence-corrected chi connectivity index (χ4v) is 2.72. The molecule has 3 rings (SSSR count). The van der Waals surface area contributed by atoms with Gasteiger partial charge in [-0.05, 0) is 25.8 Å². The summed E-state index contributed by atoms with van der Waals surface area (Å²) in [5.74, 6) is 0.882. The molecule has 0 saturated carbocycles. The number of fused-ring (bicyclic) bond motifs is 1. The molecule has 0 bridgehead atoms. The van der Waals surface area contributed by atoms with Crippen LogP contribution in [0.15, 0.2) is 17.2 Å². The van der Waals surface area contributed by atoms with E-state index in [4.69, 9.17) is 0 Å². The zero-order chi connectivity index (χ0) is 13.9. The fourth-order valence-electron chi connectivity index (χ4n) is 2.72. The second kappa shape index (κ2) is 5.62. The van der Waals surface area contributed by atoms with Gasteiger partial charge in [-0.15, -0.1) is 0 Å². The van der Waals surface area contributed by atoms with Crippen LogP contribution in [0.4, 0.5) is 5.82 Å². The molecule has 0 aromatic carbocycles. The lowest BCUT2D eigenvalue weighted by Crippen LogP contribution is -2.38. The van der Waals surface area contributed by atoms with Gasteiger partial charge >= 0.3 is 5.69 Å². The molecule has 1 atom stereocenters. The second-order valence-electron chi connectivity index (χ2n) is 5.24. The minimum absolute atomic E-state index is 0.251. The Morgan fingerprint density at radius 3 is 3.20 bits per heavy atom. The van der Waals surface area contributed by atoms with E-state index in [0.29, 0.717) is 11.7 Å². The van der Waals surface area contributed by atoms with Gasteiger partial charge in [-0.1, -0.05) is 6.92 Å². The van der Waals surface area contributed by atoms with E-state index in [1.807, 2.05) is 6.07 Å². The molecule has 3 heterocycles. The Morgan fingerprint density at radius 2 is 2.45 bits per heavy atom. The Balaban J connectivity index is 1.85. The molecule has 1 aliphatic heterocycles. The first-order valence-electron chi connectivity index (χ1n) is 7.19. The molecule has 0 aliphatic carbocycles. The summed E-state index contributed by atoms with van der Waals surface area (Å²) < 4.78 is 1.42. The van der Waals surface area contributed by atoms with Gasteiger partial charge in [0.1, 0.15) is 12.1 Å². The zero-order valence-electron chi connectivity index (χ0n) is 11.7. The Morgan fingerprint density at radius 1 is 1.55 bits per heavy atom. The Labute approximate surface area is 117 Å². The van der Waals surface area contributed by atoms with Crippen LogP contribution in [0.3, 0.4) is 0 Å². The van der Waals surface area contributed by atoms with E-state index in [-0.39, 0.29) is 5.69 Å². The van der Waals surface area contributed by atoms with Gasteiger partial charge in [0.05, 0.1) is 0 Å². The highest BCUT2D eigenvalue weighted by Gasteiger charge is 2.19. The molecule has 0 amide bonds. The van der Waals surface area contributed by atoms with Crippen molar-refractivity contribution in [3.05, 3.63) is 22.9 Å². The summed E-state index contributed by atoms with van der Waals surface area (Å²) in [6, 6.07) is 2.39. The van der Waals surface area contributed by atoms with Crippen molar-refractivity contribution in [1.29, 1.82) is 0 Å². The van der Waals surface area contributed by atoms with Gasteiger partial charge < -0.3 is 10.2 Å². The zero-order valence-corrected chi connectivity index (χ0v) is 11.7. The van der Waals surface area contributed by atoms with Crippen LogP contribution in [0.1, 0.15) is 26.2 Å². The van der Waals surface area contributed by atoms with Crippen molar-refractivity contribution in [3.63, 3.8) is 0 Å². The molecule has 108 valence electrons. The van der Waals surface area contributed by atoms with Crippen LogP contribution in [0, 0.1) is 0 Å². The molecule has 2 aromatic rings. The summed E-state index contributed by atoms with van der Waals surface area (Å²) in [7, 11) is 0. The summed E-state index contributed by atoms with van der Waals surface area (Å²) in [4.78, 5) is 18.1. The molecule has 0 radical (unpaired) electrons. The molecule has 1 aliphatic rings. The minimum Gasteiger partial charge on any atom is -0.355 e. The van der Waals surface area contributed by atoms with Crippen LogP contribution in [-0.2, 0) is 0 Å². The van der Waals surface area contributed by atoms with E-state index < -0.39 is 0 Å². The van der Waals surface area contributed by atoms with Gasteiger partial charge in [0, 0.05) is 25.2 Å². The standard InChI is InChI=1S/C13H20N6O/c1-2-6-18(8-10-4-3-5-14-10)11-7-12-16-17-13(20)19(12)9-15-11/h7,9-10,14H,2-6,8H2,1H3,(H,17,20). The topological polar surface area (TPSA) is 78.3 Å². The molecule has 20 heavy (non-hydrogen) atoms. The van der Waals surface area contributed by atoms with E-state index in [9.17, 15) is 4.79 Å². The monoisotopic (exact) mass is 276 g/mol. The summed E-state index contributed by atoms with van der Waals surface area (Å²) in [6.45, 7) is 5.17. The number of H-pyrrole nitrogens is 1. The maximum atomic E-state index is 11.4. The van der Waals surface area contributed by atoms with Gasteiger partial charge in [0.25, 0.3) is 0 Å². The number of aromatic nitrogens is 4. The number of anilines is 1. The van der Waals surface area contributed by atoms with Crippen molar-refractivity contribution in [1.82, 2.24) is 24.9 Å². The van der Waals surface area contributed by atoms with Crippen LogP contribution in [-0.4, -0.2) is 45.3 Å². The van der Waals surface area contributed by atoms with E-state index in [1.165, 1.54) is 17.2 Å². The van der Waals surface area contributed by atoms with Crippen molar-refractivity contribution in [3.8, 4) is 0 Å². The SMILES string of the molecule is CCCN(CC1CCCN1)c1cc2n[nH]c(=O)n2cn1. The summed E-state index contributed by atoms with van der Waals surface area (Å²) in [5.41, 5.74) is 0.360. The molecule has 1 fully saturated rings. The maximum absolute atomic E-state index is 11.4. The smallest absolute Gasteiger partial charge is 0.348 e. The third-order valence-electron chi connectivity index (χ3n) is 3.72. The minimum atomic E-state index is -0.251. The molecule has 0 spiro atoms. The first-order valence-corrected chi connectivity index (χ1v) is 7.19. The fraction of sp³-hybridized carbons (Fsp3) is 0.615. The molecule has 2 N–H and O–H groups in total. The van der Waals surface area contributed by atoms with Gasteiger partial charge in [0.15, 0.2) is 5.65 Å². The predicted octanol–water partition coefficient (Wildman–Crippen LogP) is 0.386. The van der Waals surface area contributed by atoms with Crippen molar-refractivity contribution in [2.75, 3.05) is 24.5 Å². The maximum Gasteiger partial charge on any atom is 0.348 e. The van der Waals surface area contributed by atoms with E-state index in [0.717, 1.165) is 31.9 Å². The summed E-state index contributed by atoms with van der Waals surface area (Å²) >= 11 is 0. The van der Waals surface area contributed by atoms with Crippen LogP contribution >= 0.6 is 0 Å². The van der Waals surface area contributed by atoms with Crippen LogP contribution in [0.25, 0.3) is 5.65 Å². The molecule has 7 nitrogen and oxygen atoms in total. The van der Waals surface area contributed by atoms with Crippen molar-refractivity contribution >= 4 is 11.5 Å². The van der Waals surface area contributed by atoms with Crippen LogP contribution in [0.2, 0.25) is 0 Å². The average molecular weight is 276 g/mol. The van der Waals surface area contributed by atoms with E-state index in [1.54, 1.807) is 6.33 Å². The van der Waals surface area contributed by atoms with Crippen LogP contribution in [0.5, 0.6) is 0 Å². The third kappa shape index (κ3) is 2.53. The quantitative estimate of drug-likeness (QED) is 0.826. The van der Waals surface area contributed by atoms with Gasteiger partial charge in [0.2, 0.25) is 0 Å². The number of nitrogens with one attached hydrogen (secondary N) is 2. The Bertz CT molecular complexity index is 627. The number of hydrogen-bond donors (Lipinski definition) is 2. The number of nitrogens with zero attached hydrogens (tertiary/aromatic N) is 4.